The molecule has 0 bridgehead atoms. The van der Waals surface area contributed by atoms with Gasteiger partial charge in [0.15, 0.2) is 0 Å². The van der Waals surface area contributed by atoms with E-state index in [-0.39, 0.29) is 25.3 Å². The molecule has 0 radical (unpaired) electrons. The number of rotatable bonds is 7. The van der Waals surface area contributed by atoms with Gasteiger partial charge in [0.1, 0.15) is 11.5 Å². The first-order chi connectivity index (χ1) is 16.0. The summed E-state index contributed by atoms with van der Waals surface area (Å²) in [6.45, 7) is -0.340. The minimum atomic E-state index is -0.662. The number of benzene rings is 2. The molecule has 11 heteroatoms. The van der Waals surface area contributed by atoms with Crippen molar-refractivity contribution in [3.8, 4) is 11.5 Å². The summed E-state index contributed by atoms with van der Waals surface area (Å²) in [5.41, 5.74) is 0.100. The van der Waals surface area contributed by atoms with Crippen LogP contribution in [0.3, 0.4) is 0 Å². The summed E-state index contributed by atoms with van der Waals surface area (Å²) in [5.74, 6) is 1.09. The maximum atomic E-state index is 13.0. The maximum Gasteiger partial charge on any atom is 0.335 e. The summed E-state index contributed by atoms with van der Waals surface area (Å²) in [6, 6.07) is 15.4. The van der Waals surface area contributed by atoms with Crippen molar-refractivity contribution in [3.63, 3.8) is 0 Å². The number of nitrogens with zero attached hydrogens (tertiary/aromatic N) is 5. The number of hydrogen-bond donors (Lipinski definition) is 2. The predicted molar refractivity (Wildman–Crippen MR) is 121 cm³/mol. The van der Waals surface area contributed by atoms with Crippen LogP contribution in [0.15, 0.2) is 81.6 Å². The van der Waals surface area contributed by atoms with Crippen molar-refractivity contribution in [1.29, 1.82) is 0 Å². The van der Waals surface area contributed by atoms with Crippen LogP contribution in [0.1, 0.15) is 5.56 Å². The Bertz CT molecular complexity index is 1410. The SMILES string of the molecule is O=c1[nH]/c(=N\c2ccc(Oc3ccnnc3)cc2)n(Cc2ccc(Cl)cc2)c(=O)n1CCO. The van der Waals surface area contributed by atoms with E-state index in [2.05, 4.69) is 20.2 Å². The van der Waals surface area contributed by atoms with E-state index in [1.807, 2.05) is 0 Å². The molecule has 0 amide bonds. The Hall–Kier alpha value is -4.02. The Morgan fingerprint density at radius 2 is 1.73 bits per heavy atom. The van der Waals surface area contributed by atoms with Gasteiger partial charge in [0, 0.05) is 11.1 Å². The van der Waals surface area contributed by atoms with E-state index in [9.17, 15) is 14.7 Å². The predicted octanol–water partition coefficient (Wildman–Crippen LogP) is 1.85. The fourth-order valence-electron chi connectivity index (χ4n) is 3.04. The Morgan fingerprint density at radius 3 is 2.39 bits per heavy atom. The van der Waals surface area contributed by atoms with E-state index >= 15 is 0 Å². The highest BCUT2D eigenvalue weighted by Gasteiger charge is 2.10. The third kappa shape index (κ3) is 5.43. The molecule has 0 aliphatic heterocycles. The van der Waals surface area contributed by atoms with Gasteiger partial charge in [0.05, 0.1) is 37.8 Å². The van der Waals surface area contributed by atoms with Gasteiger partial charge in [-0.3, -0.25) is 9.55 Å². The lowest BCUT2D eigenvalue weighted by Gasteiger charge is -2.10. The highest BCUT2D eigenvalue weighted by atomic mass is 35.5. The zero-order valence-electron chi connectivity index (χ0n) is 17.3. The van der Waals surface area contributed by atoms with Crippen molar-refractivity contribution < 1.29 is 9.84 Å². The number of halogens is 1. The summed E-state index contributed by atoms with van der Waals surface area (Å²) in [5, 5.41) is 17.3. The molecule has 0 atom stereocenters. The van der Waals surface area contributed by atoms with E-state index < -0.39 is 11.4 Å². The van der Waals surface area contributed by atoms with Crippen molar-refractivity contribution >= 4 is 17.3 Å². The molecule has 0 saturated heterocycles. The summed E-state index contributed by atoms with van der Waals surface area (Å²) in [6.07, 6.45) is 3.01. The molecule has 0 aliphatic carbocycles. The molecule has 33 heavy (non-hydrogen) atoms. The first kappa shape index (κ1) is 22.2. The highest BCUT2D eigenvalue weighted by Crippen LogP contribution is 2.22. The fraction of sp³-hybridized carbons (Fsp3) is 0.136. The van der Waals surface area contributed by atoms with Gasteiger partial charge in [0.2, 0.25) is 5.62 Å². The van der Waals surface area contributed by atoms with E-state index in [1.165, 1.54) is 17.0 Å². The topological polar surface area (TPSA) is 127 Å². The summed E-state index contributed by atoms with van der Waals surface area (Å²) < 4.78 is 7.93. The lowest BCUT2D eigenvalue weighted by atomic mass is 10.2. The quantitative estimate of drug-likeness (QED) is 0.428. The van der Waals surface area contributed by atoms with Crippen molar-refractivity contribution in [2.75, 3.05) is 6.61 Å². The number of aliphatic hydroxyl groups excluding tert-OH is 1. The van der Waals surface area contributed by atoms with E-state index in [1.54, 1.807) is 54.6 Å². The minimum Gasteiger partial charge on any atom is -0.456 e. The molecule has 168 valence electrons. The van der Waals surface area contributed by atoms with Gasteiger partial charge in [-0.15, -0.1) is 0 Å². The van der Waals surface area contributed by atoms with Gasteiger partial charge < -0.3 is 9.84 Å². The van der Waals surface area contributed by atoms with Gasteiger partial charge in [-0.25, -0.2) is 19.1 Å². The van der Waals surface area contributed by atoms with Gasteiger partial charge in [-0.05, 0) is 42.0 Å². The van der Waals surface area contributed by atoms with Crippen LogP contribution in [0, 0.1) is 0 Å². The van der Waals surface area contributed by atoms with Crippen LogP contribution >= 0.6 is 11.6 Å². The molecule has 4 aromatic rings. The standard InChI is InChI=1S/C22H19ClN6O4/c23-16-3-1-15(2-4-16)14-29-20(27-21(31)28(11-12-30)22(29)32)26-17-5-7-18(8-6-17)33-19-9-10-24-25-13-19/h1-10,13,30H,11-12,14H2,(H,26,27,31). The van der Waals surface area contributed by atoms with Gasteiger partial charge >= 0.3 is 11.4 Å². The molecule has 2 aromatic carbocycles. The molecule has 2 heterocycles. The normalized spacial score (nSPS) is 11.5. The van der Waals surface area contributed by atoms with Crippen LogP contribution in [0.25, 0.3) is 0 Å². The molecule has 0 spiro atoms. The second-order valence-electron chi connectivity index (χ2n) is 6.91. The molecule has 10 nitrogen and oxygen atoms in total. The molecular weight excluding hydrogens is 448 g/mol. The Kier molecular flexibility index (Phi) is 6.77. The molecule has 0 fully saturated rings. The van der Waals surface area contributed by atoms with Crippen LogP contribution in [-0.4, -0.2) is 36.0 Å². The number of ether oxygens (including phenoxy) is 1. The Balaban J connectivity index is 1.73. The zero-order valence-corrected chi connectivity index (χ0v) is 18.0. The molecule has 0 aliphatic rings. The second-order valence-corrected chi connectivity index (χ2v) is 7.35. The van der Waals surface area contributed by atoms with E-state index in [0.717, 1.165) is 10.1 Å². The van der Waals surface area contributed by atoms with E-state index in [4.69, 9.17) is 16.3 Å². The van der Waals surface area contributed by atoms with Crippen molar-refractivity contribution in [2.45, 2.75) is 13.1 Å². The van der Waals surface area contributed by atoms with Crippen molar-refractivity contribution in [1.82, 2.24) is 24.3 Å². The van der Waals surface area contributed by atoms with Crippen LogP contribution in [0.5, 0.6) is 11.5 Å². The molecule has 0 saturated carbocycles. The third-order valence-electron chi connectivity index (χ3n) is 4.62. The lowest BCUT2D eigenvalue weighted by Crippen LogP contribution is -2.50. The van der Waals surface area contributed by atoms with Gasteiger partial charge in [0.25, 0.3) is 0 Å². The Morgan fingerprint density at radius 1 is 0.970 bits per heavy atom. The number of hydrogen-bond acceptors (Lipinski definition) is 7. The summed E-state index contributed by atoms with van der Waals surface area (Å²) >= 11 is 5.95. The number of nitrogens with one attached hydrogen (secondary N) is 1. The average Bonchev–Trinajstić information content (AvgIpc) is 2.82. The highest BCUT2D eigenvalue weighted by molar-refractivity contribution is 6.30. The zero-order chi connectivity index (χ0) is 23.2. The summed E-state index contributed by atoms with van der Waals surface area (Å²) in [7, 11) is 0. The Labute approximate surface area is 192 Å². The van der Waals surface area contributed by atoms with Crippen molar-refractivity contribution in [2.24, 2.45) is 4.99 Å². The second kappa shape index (κ2) is 10.1. The average molecular weight is 467 g/mol. The molecule has 0 unspecified atom stereocenters. The van der Waals surface area contributed by atoms with Gasteiger partial charge in [-0.1, -0.05) is 23.7 Å². The minimum absolute atomic E-state index is 0.0705. The fourth-order valence-corrected chi connectivity index (χ4v) is 3.17. The molecule has 2 aromatic heterocycles. The summed E-state index contributed by atoms with van der Waals surface area (Å²) in [4.78, 5) is 32.5. The molecular formula is C22H19ClN6O4. The maximum absolute atomic E-state index is 13.0. The monoisotopic (exact) mass is 466 g/mol. The van der Waals surface area contributed by atoms with Crippen LogP contribution < -0.4 is 21.7 Å². The number of H-pyrrole nitrogens is 1. The van der Waals surface area contributed by atoms with Crippen molar-refractivity contribution in [3.05, 3.63) is 104 Å². The lowest BCUT2D eigenvalue weighted by molar-refractivity contribution is 0.268. The van der Waals surface area contributed by atoms with Crippen LogP contribution in [0.4, 0.5) is 5.69 Å². The largest absolute Gasteiger partial charge is 0.456 e. The number of aliphatic hydroxyl groups is 1. The van der Waals surface area contributed by atoms with Crippen LogP contribution in [0.2, 0.25) is 5.02 Å². The molecule has 4 rings (SSSR count). The van der Waals surface area contributed by atoms with Crippen LogP contribution in [-0.2, 0) is 13.1 Å². The first-order valence-corrected chi connectivity index (χ1v) is 10.3. The van der Waals surface area contributed by atoms with E-state index in [0.29, 0.717) is 22.2 Å². The van der Waals surface area contributed by atoms with Gasteiger partial charge in [-0.2, -0.15) is 10.2 Å². The smallest absolute Gasteiger partial charge is 0.335 e. The number of aromatic nitrogens is 5. The molecule has 2 N–H and O–H groups in total. The first-order valence-electron chi connectivity index (χ1n) is 9.92. The number of aromatic amines is 1. The third-order valence-corrected chi connectivity index (χ3v) is 4.88.